The van der Waals surface area contributed by atoms with Gasteiger partial charge in [-0.25, -0.2) is 0 Å². The van der Waals surface area contributed by atoms with Gasteiger partial charge in [0, 0.05) is 18.1 Å². The maximum atomic E-state index is 6.02. The molecule has 1 unspecified atom stereocenters. The molecule has 1 aromatic carbocycles. The lowest BCUT2D eigenvalue weighted by molar-refractivity contribution is 0.109. The van der Waals surface area contributed by atoms with Crippen molar-refractivity contribution >= 4 is 0 Å². The van der Waals surface area contributed by atoms with Gasteiger partial charge < -0.3 is 15.2 Å². The maximum absolute atomic E-state index is 6.02. The molecule has 0 aliphatic rings. The van der Waals surface area contributed by atoms with Gasteiger partial charge in [0.1, 0.15) is 0 Å². The fraction of sp³-hybridized carbons (Fsp3) is 0.625. The fourth-order valence-corrected chi connectivity index (χ4v) is 2.39. The zero-order chi connectivity index (χ0) is 15.3. The molecular formula is C16H28N2O2. The van der Waals surface area contributed by atoms with Gasteiger partial charge in [0.2, 0.25) is 0 Å². The van der Waals surface area contributed by atoms with E-state index in [9.17, 15) is 0 Å². The third kappa shape index (κ3) is 3.64. The van der Waals surface area contributed by atoms with Crippen molar-refractivity contribution < 1.29 is 9.47 Å². The van der Waals surface area contributed by atoms with Crippen LogP contribution in [0, 0.1) is 0 Å². The fourth-order valence-electron chi connectivity index (χ4n) is 2.39. The Bertz CT molecular complexity index is 434. The molecule has 0 heterocycles. The first-order valence-corrected chi connectivity index (χ1v) is 7.02. The van der Waals surface area contributed by atoms with Crippen molar-refractivity contribution in [3.8, 4) is 11.5 Å². The smallest absolute Gasteiger partial charge is 0.160 e. The number of hydrogen-bond acceptors (Lipinski definition) is 4. The van der Waals surface area contributed by atoms with Gasteiger partial charge in [-0.3, -0.25) is 4.90 Å². The second kappa shape index (κ2) is 6.95. The van der Waals surface area contributed by atoms with E-state index in [-0.39, 0.29) is 5.54 Å². The summed E-state index contributed by atoms with van der Waals surface area (Å²) in [5, 5.41) is 0. The molecule has 2 N–H and O–H groups in total. The maximum Gasteiger partial charge on any atom is 0.160 e. The van der Waals surface area contributed by atoms with Crippen LogP contribution in [0.5, 0.6) is 11.5 Å². The molecule has 114 valence electrons. The molecule has 0 amide bonds. The summed E-state index contributed by atoms with van der Waals surface area (Å²) >= 11 is 0. The number of nitrogens with zero attached hydrogens (tertiary/aromatic N) is 1. The van der Waals surface area contributed by atoms with Gasteiger partial charge in [-0.1, -0.05) is 6.07 Å². The number of ether oxygens (including phenoxy) is 2. The van der Waals surface area contributed by atoms with Crippen molar-refractivity contribution in [1.29, 1.82) is 0 Å². The highest BCUT2D eigenvalue weighted by Gasteiger charge is 2.29. The molecule has 0 saturated carbocycles. The number of rotatable bonds is 7. The van der Waals surface area contributed by atoms with Gasteiger partial charge in [0.05, 0.1) is 14.2 Å². The van der Waals surface area contributed by atoms with Gasteiger partial charge >= 0.3 is 0 Å². The second-order valence-electron chi connectivity index (χ2n) is 5.77. The van der Waals surface area contributed by atoms with Gasteiger partial charge in [0.25, 0.3) is 0 Å². The van der Waals surface area contributed by atoms with Crippen molar-refractivity contribution in [2.75, 3.05) is 27.8 Å². The molecule has 4 nitrogen and oxygen atoms in total. The normalized spacial score (nSPS) is 14.4. The molecular weight excluding hydrogens is 252 g/mol. The van der Waals surface area contributed by atoms with Crippen LogP contribution in [0.1, 0.15) is 26.3 Å². The van der Waals surface area contributed by atoms with E-state index in [1.807, 2.05) is 12.1 Å². The Morgan fingerprint density at radius 1 is 1.20 bits per heavy atom. The van der Waals surface area contributed by atoms with E-state index in [1.54, 1.807) is 14.2 Å². The van der Waals surface area contributed by atoms with Crippen LogP contribution >= 0.6 is 0 Å². The van der Waals surface area contributed by atoms with Gasteiger partial charge in [-0.15, -0.1) is 0 Å². The largest absolute Gasteiger partial charge is 0.493 e. The number of hydrogen-bond donors (Lipinski definition) is 1. The molecule has 1 atom stereocenters. The van der Waals surface area contributed by atoms with Crippen molar-refractivity contribution in [3.63, 3.8) is 0 Å². The summed E-state index contributed by atoms with van der Waals surface area (Å²) < 4.78 is 10.6. The van der Waals surface area contributed by atoms with Crippen LogP contribution in [-0.2, 0) is 6.42 Å². The molecule has 0 aliphatic heterocycles. The molecule has 0 radical (unpaired) electrons. The van der Waals surface area contributed by atoms with Crippen LogP contribution in [0.4, 0.5) is 0 Å². The van der Waals surface area contributed by atoms with Crippen LogP contribution in [0.15, 0.2) is 18.2 Å². The lowest BCUT2D eigenvalue weighted by Gasteiger charge is -2.41. The minimum Gasteiger partial charge on any atom is -0.493 e. The first kappa shape index (κ1) is 16.8. The summed E-state index contributed by atoms with van der Waals surface area (Å²) in [4.78, 5) is 2.32. The number of nitrogens with two attached hydrogens (primary N) is 1. The molecule has 4 heteroatoms. The minimum atomic E-state index is -0.0756. The monoisotopic (exact) mass is 280 g/mol. The molecule has 0 bridgehead atoms. The molecule has 0 fully saturated rings. The van der Waals surface area contributed by atoms with Crippen LogP contribution in [0.2, 0.25) is 0 Å². The summed E-state index contributed by atoms with van der Waals surface area (Å²) in [5.74, 6) is 1.51. The molecule has 0 saturated heterocycles. The van der Waals surface area contributed by atoms with Crippen molar-refractivity contribution in [2.45, 2.75) is 38.8 Å². The van der Waals surface area contributed by atoms with E-state index in [0.29, 0.717) is 12.6 Å². The van der Waals surface area contributed by atoms with Gasteiger partial charge in [-0.2, -0.15) is 0 Å². The van der Waals surface area contributed by atoms with E-state index in [4.69, 9.17) is 15.2 Å². The molecule has 0 spiro atoms. The first-order chi connectivity index (χ1) is 9.37. The predicted octanol–water partition coefficient (Wildman–Crippen LogP) is 2.30. The van der Waals surface area contributed by atoms with Crippen LogP contribution in [0.25, 0.3) is 0 Å². The average Bonchev–Trinajstić information content (AvgIpc) is 2.45. The third-order valence-corrected chi connectivity index (χ3v) is 4.10. The molecule has 20 heavy (non-hydrogen) atoms. The first-order valence-electron chi connectivity index (χ1n) is 7.02. The summed E-state index contributed by atoms with van der Waals surface area (Å²) in [7, 11) is 5.43. The Balaban J connectivity index is 3.01. The van der Waals surface area contributed by atoms with E-state index < -0.39 is 0 Å². The summed E-state index contributed by atoms with van der Waals surface area (Å²) in [5.41, 5.74) is 7.14. The second-order valence-corrected chi connectivity index (χ2v) is 5.77. The standard InChI is InChI=1S/C16H28N2O2/c1-12(2)18(4)16(3,11-17)10-13-7-8-14(19-5)15(9-13)20-6/h7-9,12H,10-11,17H2,1-6H3. The average molecular weight is 280 g/mol. The minimum absolute atomic E-state index is 0.0756. The Hall–Kier alpha value is -1.26. The lowest BCUT2D eigenvalue weighted by Crippen LogP contribution is -2.54. The van der Waals surface area contributed by atoms with Crippen molar-refractivity contribution in [1.82, 2.24) is 4.90 Å². The highest BCUT2D eigenvalue weighted by atomic mass is 16.5. The van der Waals surface area contributed by atoms with Crippen molar-refractivity contribution in [2.24, 2.45) is 5.73 Å². The van der Waals surface area contributed by atoms with E-state index in [0.717, 1.165) is 17.9 Å². The van der Waals surface area contributed by atoms with Gasteiger partial charge in [0.15, 0.2) is 11.5 Å². The zero-order valence-corrected chi connectivity index (χ0v) is 13.6. The summed E-state index contributed by atoms with van der Waals surface area (Å²) in [6.07, 6.45) is 0.874. The summed E-state index contributed by atoms with van der Waals surface area (Å²) in [6, 6.07) is 6.49. The number of methoxy groups -OCH3 is 2. The highest BCUT2D eigenvalue weighted by Crippen LogP contribution is 2.30. The SMILES string of the molecule is COc1ccc(CC(C)(CN)N(C)C(C)C)cc1OC. The number of likely N-dealkylation sites (N-methyl/N-ethyl adjacent to an activating group) is 1. The van der Waals surface area contributed by atoms with E-state index >= 15 is 0 Å². The lowest BCUT2D eigenvalue weighted by atomic mass is 9.90. The zero-order valence-electron chi connectivity index (χ0n) is 13.6. The molecule has 1 rings (SSSR count). The predicted molar refractivity (Wildman–Crippen MR) is 83.6 cm³/mol. The summed E-state index contributed by atoms with van der Waals surface area (Å²) in [6.45, 7) is 7.17. The van der Waals surface area contributed by atoms with Crippen LogP contribution in [-0.4, -0.2) is 44.3 Å². The Morgan fingerprint density at radius 3 is 2.25 bits per heavy atom. The van der Waals surface area contributed by atoms with Crippen LogP contribution in [0.3, 0.4) is 0 Å². The molecule has 0 aromatic heterocycles. The molecule has 1 aromatic rings. The number of benzene rings is 1. The Kier molecular flexibility index (Phi) is 5.84. The van der Waals surface area contributed by atoms with E-state index in [1.165, 1.54) is 5.56 Å². The molecule has 0 aliphatic carbocycles. The Labute approximate surface area is 122 Å². The Morgan fingerprint density at radius 2 is 1.80 bits per heavy atom. The van der Waals surface area contributed by atoms with Gasteiger partial charge in [-0.05, 0) is 51.9 Å². The van der Waals surface area contributed by atoms with Crippen molar-refractivity contribution in [3.05, 3.63) is 23.8 Å². The topological polar surface area (TPSA) is 47.7 Å². The van der Waals surface area contributed by atoms with Crippen LogP contribution < -0.4 is 15.2 Å². The highest BCUT2D eigenvalue weighted by molar-refractivity contribution is 5.43. The third-order valence-electron chi connectivity index (χ3n) is 4.10. The quantitative estimate of drug-likeness (QED) is 0.832. The van der Waals surface area contributed by atoms with E-state index in [2.05, 4.69) is 38.8 Å².